The van der Waals surface area contributed by atoms with Crippen LogP contribution in [0, 0.1) is 0 Å². The molecule has 3 aliphatic heterocycles. The third kappa shape index (κ3) is 2.65. The average Bonchev–Trinajstić information content (AvgIpc) is 3.00. The summed E-state index contributed by atoms with van der Waals surface area (Å²) in [6.45, 7) is 2.01. The first kappa shape index (κ1) is 15.8. The lowest BCUT2D eigenvalue weighted by Gasteiger charge is -2.35. The molecule has 5 heteroatoms. The number of carbonyl (C=O) groups is 1. The molecule has 3 heterocycles. The van der Waals surface area contributed by atoms with E-state index in [1.165, 1.54) is 12.8 Å². The minimum atomic E-state index is -0.284. The molecular weight excluding hydrogens is 306 g/mol. The first-order chi connectivity index (χ1) is 11.5. The van der Waals surface area contributed by atoms with Gasteiger partial charge in [0.1, 0.15) is 29.3 Å². The number of hydrogen-bond donors (Lipinski definition) is 0. The molecule has 2 unspecified atom stereocenters. The zero-order valence-electron chi connectivity index (χ0n) is 14.6. The minimum absolute atomic E-state index is 0.00637. The van der Waals surface area contributed by atoms with Crippen molar-refractivity contribution in [1.29, 1.82) is 0 Å². The van der Waals surface area contributed by atoms with Gasteiger partial charge < -0.3 is 19.1 Å². The van der Waals surface area contributed by atoms with E-state index < -0.39 is 0 Å². The highest BCUT2D eigenvalue weighted by molar-refractivity contribution is 5.94. The molecular formula is C19H25NO4. The van der Waals surface area contributed by atoms with Crippen LogP contribution in [0.4, 0.5) is 0 Å². The Kier molecular flexibility index (Phi) is 3.91. The van der Waals surface area contributed by atoms with Crippen LogP contribution in [0.1, 0.15) is 48.5 Å². The fourth-order valence-corrected chi connectivity index (χ4v) is 4.45. The van der Waals surface area contributed by atoms with Crippen LogP contribution in [-0.2, 0) is 11.2 Å². The molecule has 5 nitrogen and oxygen atoms in total. The molecule has 0 radical (unpaired) electrons. The van der Waals surface area contributed by atoms with Crippen LogP contribution in [0.3, 0.4) is 0 Å². The molecule has 0 spiro atoms. The summed E-state index contributed by atoms with van der Waals surface area (Å²) in [5, 5.41) is 0. The maximum atomic E-state index is 12.8. The Bertz CT molecular complexity index is 645. The number of esters is 1. The Morgan fingerprint density at radius 2 is 1.96 bits per heavy atom. The van der Waals surface area contributed by atoms with Crippen molar-refractivity contribution in [2.75, 3.05) is 14.2 Å². The predicted molar refractivity (Wildman–Crippen MR) is 89.8 cm³/mol. The minimum Gasteiger partial charge on any atom is -0.497 e. The normalized spacial score (nSPS) is 31.5. The first-order valence-electron chi connectivity index (χ1n) is 8.85. The lowest BCUT2D eigenvalue weighted by atomic mass is 10.0. The molecule has 2 saturated heterocycles. The highest BCUT2D eigenvalue weighted by Gasteiger charge is 2.40. The van der Waals surface area contributed by atoms with E-state index in [2.05, 4.69) is 11.9 Å². The molecule has 1 aromatic carbocycles. The fourth-order valence-electron chi connectivity index (χ4n) is 4.45. The monoisotopic (exact) mass is 331 g/mol. The largest absolute Gasteiger partial charge is 0.497 e. The van der Waals surface area contributed by atoms with Crippen LogP contribution in [0.15, 0.2) is 12.1 Å². The Balaban J connectivity index is 1.54. The van der Waals surface area contributed by atoms with Gasteiger partial charge in [-0.1, -0.05) is 0 Å². The molecule has 130 valence electrons. The molecule has 0 amide bonds. The van der Waals surface area contributed by atoms with Crippen LogP contribution in [0.25, 0.3) is 0 Å². The van der Waals surface area contributed by atoms with E-state index in [-0.39, 0.29) is 18.2 Å². The van der Waals surface area contributed by atoms with Gasteiger partial charge >= 0.3 is 5.97 Å². The van der Waals surface area contributed by atoms with Crippen LogP contribution in [0.5, 0.6) is 11.5 Å². The molecule has 0 aliphatic carbocycles. The number of rotatable bonds is 3. The summed E-state index contributed by atoms with van der Waals surface area (Å²) in [6.07, 6.45) is 5.18. The van der Waals surface area contributed by atoms with Crippen LogP contribution in [-0.4, -0.2) is 49.3 Å². The molecule has 2 bridgehead atoms. The van der Waals surface area contributed by atoms with Gasteiger partial charge in [-0.2, -0.15) is 0 Å². The molecule has 0 aromatic heterocycles. The highest BCUT2D eigenvalue weighted by Crippen LogP contribution is 2.39. The van der Waals surface area contributed by atoms with E-state index in [9.17, 15) is 4.79 Å². The van der Waals surface area contributed by atoms with Crippen LogP contribution < -0.4 is 9.47 Å². The summed E-state index contributed by atoms with van der Waals surface area (Å²) >= 11 is 0. The van der Waals surface area contributed by atoms with E-state index in [0.717, 1.165) is 24.8 Å². The van der Waals surface area contributed by atoms with Gasteiger partial charge in [0, 0.05) is 36.9 Å². The van der Waals surface area contributed by atoms with Gasteiger partial charge in [-0.3, -0.25) is 0 Å². The van der Waals surface area contributed by atoms with Crippen molar-refractivity contribution in [1.82, 2.24) is 4.90 Å². The smallest absolute Gasteiger partial charge is 0.342 e. The molecule has 4 rings (SSSR count). The summed E-state index contributed by atoms with van der Waals surface area (Å²) in [6, 6.07) is 4.79. The zero-order chi connectivity index (χ0) is 16.8. The zero-order valence-corrected chi connectivity index (χ0v) is 14.6. The van der Waals surface area contributed by atoms with Crippen LogP contribution in [0.2, 0.25) is 0 Å². The van der Waals surface area contributed by atoms with Gasteiger partial charge in [-0.05, 0) is 38.9 Å². The molecule has 3 aliphatic rings. The van der Waals surface area contributed by atoms with Gasteiger partial charge in [-0.25, -0.2) is 4.79 Å². The second-order valence-electron chi connectivity index (χ2n) is 7.34. The van der Waals surface area contributed by atoms with E-state index in [0.29, 0.717) is 29.1 Å². The summed E-state index contributed by atoms with van der Waals surface area (Å²) in [5.41, 5.74) is 1.53. The van der Waals surface area contributed by atoms with Crippen molar-refractivity contribution < 1.29 is 19.0 Å². The van der Waals surface area contributed by atoms with Gasteiger partial charge in [0.2, 0.25) is 0 Å². The molecule has 2 fully saturated rings. The topological polar surface area (TPSA) is 48.0 Å². The SMILES string of the molecule is COc1cc2c(c(C(=O)OC3C[C@H]4CC[C@@H](C3)N4C)c1)OC(C)C2. The summed E-state index contributed by atoms with van der Waals surface area (Å²) in [7, 11) is 3.80. The maximum Gasteiger partial charge on any atom is 0.342 e. The second-order valence-corrected chi connectivity index (χ2v) is 7.34. The van der Waals surface area contributed by atoms with Crippen LogP contribution >= 0.6 is 0 Å². The van der Waals surface area contributed by atoms with Gasteiger partial charge in [0.25, 0.3) is 0 Å². The van der Waals surface area contributed by atoms with Crippen molar-refractivity contribution in [3.63, 3.8) is 0 Å². The number of ether oxygens (including phenoxy) is 3. The quantitative estimate of drug-likeness (QED) is 0.797. The number of methoxy groups -OCH3 is 1. The lowest BCUT2D eigenvalue weighted by molar-refractivity contribution is -0.000779. The number of nitrogens with zero attached hydrogens (tertiary/aromatic N) is 1. The Hall–Kier alpha value is -1.75. The number of carbonyl (C=O) groups excluding carboxylic acids is 1. The van der Waals surface area contributed by atoms with Crippen molar-refractivity contribution in [3.8, 4) is 11.5 Å². The van der Waals surface area contributed by atoms with E-state index >= 15 is 0 Å². The van der Waals surface area contributed by atoms with Crippen molar-refractivity contribution in [3.05, 3.63) is 23.3 Å². The molecule has 24 heavy (non-hydrogen) atoms. The summed E-state index contributed by atoms with van der Waals surface area (Å²) in [5.74, 6) is 1.07. The highest BCUT2D eigenvalue weighted by atomic mass is 16.5. The third-order valence-electron chi connectivity index (χ3n) is 5.75. The first-order valence-corrected chi connectivity index (χ1v) is 8.85. The molecule has 1 aromatic rings. The maximum absolute atomic E-state index is 12.8. The standard InChI is InChI=1S/C19H25NO4/c1-11-6-12-7-15(22-3)10-17(18(12)23-11)19(21)24-16-8-13-4-5-14(9-16)20(13)2/h7,10-11,13-14,16H,4-6,8-9H2,1-3H3/t11?,13-,14+,16?. The second kappa shape index (κ2) is 5.96. The summed E-state index contributed by atoms with van der Waals surface area (Å²) < 4.78 is 17.1. The van der Waals surface area contributed by atoms with Crippen molar-refractivity contribution in [2.45, 2.75) is 63.3 Å². The average molecular weight is 331 g/mol. The van der Waals surface area contributed by atoms with Gasteiger partial charge in [0.15, 0.2) is 0 Å². The molecule has 0 N–H and O–H groups in total. The predicted octanol–water partition coefficient (Wildman–Crippen LogP) is 2.80. The third-order valence-corrected chi connectivity index (χ3v) is 5.75. The van der Waals surface area contributed by atoms with E-state index in [1.807, 2.05) is 13.0 Å². The molecule has 4 atom stereocenters. The number of piperidine rings is 1. The van der Waals surface area contributed by atoms with Crippen molar-refractivity contribution >= 4 is 5.97 Å². The fraction of sp³-hybridized carbons (Fsp3) is 0.632. The Morgan fingerprint density at radius 3 is 2.62 bits per heavy atom. The van der Waals surface area contributed by atoms with Gasteiger partial charge in [-0.15, -0.1) is 0 Å². The molecule has 0 saturated carbocycles. The Labute approximate surface area is 142 Å². The summed E-state index contributed by atoms with van der Waals surface area (Å²) in [4.78, 5) is 15.2. The Morgan fingerprint density at radius 1 is 1.25 bits per heavy atom. The number of hydrogen-bond acceptors (Lipinski definition) is 5. The van der Waals surface area contributed by atoms with E-state index in [1.54, 1.807) is 13.2 Å². The van der Waals surface area contributed by atoms with Gasteiger partial charge in [0.05, 0.1) is 7.11 Å². The van der Waals surface area contributed by atoms with E-state index in [4.69, 9.17) is 14.2 Å². The number of benzene rings is 1. The lowest BCUT2D eigenvalue weighted by Crippen LogP contribution is -2.43. The number of fused-ring (bicyclic) bond motifs is 3. The van der Waals surface area contributed by atoms with Crippen molar-refractivity contribution in [2.24, 2.45) is 0 Å².